The first-order chi connectivity index (χ1) is 26.8. The molecule has 1 aromatic rings. The minimum Gasteiger partial charge on any atom is -0.485 e. The van der Waals surface area contributed by atoms with Crippen molar-refractivity contribution in [2.24, 2.45) is 0 Å². The molecule has 1 aliphatic heterocycles. The number of rotatable bonds is 35. The third-order valence-corrected chi connectivity index (χ3v) is 26.2. The van der Waals surface area contributed by atoms with Gasteiger partial charge >= 0.3 is 0 Å². The monoisotopic (exact) mass is 817 g/mol. The van der Waals surface area contributed by atoms with Crippen LogP contribution in [0.4, 0.5) is 0 Å². The zero-order valence-corrected chi connectivity index (χ0v) is 41.1. The smallest absolute Gasteiger partial charge is 0.193 e. The summed E-state index contributed by atoms with van der Waals surface area (Å²) in [4.78, 5) is 0. The Bertz CT molecular complexity index is 1030. The fourth-order valence-electron chi connectivity index (χ4n) is 8.89. The van der Waals surface area contributed by atoms with Crippen molar-refractivity contribution >= 4 is 30.7 Å². The second-order valence-electron chi connectivity index (χ2n) is 17.5. The van der Waals surface area contributed by atoms with Crippen LogP contribution in [0.3, 0.4) is 0 Å². The normalized spacial score (nSPS) is 18.1. The molecule has 1 aromatic carbocycles. The van der Waals surface area contributed by atoms with Gasteiger partial charge in [0.2, 0.25) is 0 Å². The number of unbranched alkanes of at least 4 members (excludes halogenated alkanes) is 9. The van der Waals surface area contributed by atoms with Crippen LogP contribution in [0, 0.1) is 0 Å². The van der Waals surface area contributed by atoms with Crippen LogP contribution in [0.5, 0.6) is 0 Å². The van der Waals surface area contributed by atoms with Gasteiger partial charge in [0.1, 0.15) is 18.0 Å². The number of benzene rings is 1. The van der Waals surface area contributed by atoms with E-state index in [9.17, 15) is 0 Å². The number of hydrogen-bond donors (Lipinski definition) is 0. The van der Waals surface area contributed by atoms with Crippen molar-refractivity contribution in [1.82, 2.24) is 0 Å². The summed E-state index contributed by atoms with van der Waals surface area (Å²) < 4.78 is 31.0. The van der Waals surface area contributed by atoms with E-state index in [0.29, 0.717) is 6.61 Å². The third kappa shape index (κ3) is 18.0. The summed E-state index contributed by atoms with van der Waals surface area (Å²) in [6, 6.07) is 22.2. The lowest BCUT2D eigenvalue weighted by atomic mass is 10.0. The van der Waals surface area contributed by atoms with Crippen LogP contribution in [0.1, 0.15) is 183 Å². The van der Waals surface area contributed by atoms with Gasteiger partial charge < -0.3 is 18.0 Å². The van der Waals surface area contributed by atoms with Gasteiger partial charge in [0.15, 0.2) is 25.0 Å². The summed E-state index contributed by atoms with van der Waals surface area (Å²) in [5.41, 5.74) is 1.15. The first-order valence-electron chi connectivity index (χ1n) is 24.2. The topological polar surface area (TPSA) is 36.9 Å². The SMILES string of the molecule is CCCC[Si](CCCC)(CCCC)OC[C@H]1OC(c2ccccc2)=C[C@@H](O[Si](CCCC)(CCCC)CCCC)[C@@H]1O[Si](CCCC)(CCCC)CCCC. The van der Waals surface area contributed by atoms with Crippen molar-refractivity contribution in [2.45, 2.75) is 251 Å². The van der Waals surface area contributed by atoms with Crippen molar-refractivity contribution in [2.75, 3.05) is 6.61 Å². The molecule has 0 fully saturated rings. The molecule has 3 atom stereocenters. The molecule has 0 spiro atoms. The second-order valence-corrected chi connectivity index (χ2v) is 29.9. The molecule has 1 aliphatic rings. The van der Waals surface area contributed by atoms with E-state index in [-0.39, 0.29) is 18.3 Å². The Morgan fingerprint density at radius 2 is 0.800 bits per heavy atom. The molecule has 1 heterocycles. The van der Waals surface area contributed by atoms with Crippen molar-refractivity contribution in [3.63, 3.8) is 0 Å². The maximum absolute atomic E-state index is 8.06. The van der Waals surface area contributed by atoms with E-state index in [2.05, 4.69) is 98.7 Å². The fraction of sp³-hybridized carbons (Fsp3) is 0.833. The van der Waals surface area contributed by atoms with Crippen molar-refractivity contribution in [3.8, 4) is 0 Å². The summed E-state index contributed by atoms with van der Waals surface area (Å²) in [5, 5.41) is 0. The largest absolute Gasteiger partial charge is 0.485 e. The van der Waals surface area contributed by atoms with Gasteiger partial charge in [-0.2, -0.15) is 0 Å². The predicted octanol–water partition coefficient (Wildman–Crippen LogP) is 16.3. The molecule has 55 heavy (non-hydrogen) atoms. The lowest BCUT2D eigenvalue weighted by molar-refractivity contribution is -0.0585. The first-order valence-corrected chi connectivity index (χ1v) is 31.8. The van der Waals surface area contributed by atoms with E-state index in [1.54, 1.807) is 0 Å². The van der Waals surface area contributed by atoms with Crippen LogP contribution >= 0.6 is 0 Å². The Kier molecular flexibility index (Phi) is 27.0. The van der Waals surface area contributed by atoms with Crippen molar-refractivity contribution in [1.29, 1.82) is 0 Å². The quantitative estimate of drug-likeness (QED) is 0.0640. The van der Waals surface area contributed by atoms with E-state index in [1.807, 2.05) is 0 Å². The van der Waals surface area contributed by atoms with Crippen LogP contribution in [0.2, 0.25) is 54.4 Å². The molecule has 0 saturated carbocycles. The van der Waals surface area contributed by atoms with Gasteiger partial charge in [0, 0.05) is 5.56 Å². The van der Waals surface area contributed by atoms with Crippen molar-refractivity contribution < 1.29 is 18.0 Å². The highest BCUT2D eigenvalue weighted by molar-refractivity contribution is 6.75. The van der Waals surface area contributed by atoms with Crippen LogP contribution < -0.4 is 0 Å². The first kappa shape index (κ1) is 50.4. The van der Waals surface area contributed by atoms with Gasteiger partial charge in [-0.1, -0.05) is 208 Å². The van der Waals surface area contributed by atoms with Crippen LogP contribution in [0.25, 0.3) is 5.76 Å². The van der Waals surface area contributed by atoms with E-state index in [1.165, 1.54) is 170 Å². The molecule has 0 amide bonds. The fourth-order valence-corrected chi connectivity index (χ4v) is 23.4. The highest BCUT2D eigenvalue weighted by Crippen LogP contribution is 2.41. The molecule has 2 rings (SSSR count). The Hall–Kier alpha value is -0.709. The molecule has 4 nitrogen and oxygen atoms in total. The summed E-state index contributed by atoms with van der Waals surface area (Å²) in [6.45, 7) is 21.9. The minimum absolute atomic E-state index is 0.107. The van der Waals surface area contributed by atoms with Gasteiger partial charge in [0.05, 0.1) is 12.7 Å². The van der Waals surface area contributed by atoms with Crippen LogP contribution in [-0.4, -0.2) is 49.9 Å². The van der Waals surface area contributed by atoms with E-state index in [4.69, 9.17) is 18.0 Å². The average Bonchev–Trinajstić information content (AvgIpc) is 3.22. The van der Waals surface area contributed by atoms with E-state index < -0.39 is 25.0 Å². The lowest BCUT2D eigenvalue weighted by Gasteiger charge is -2.47. The Balaban J connectivity index is 2.86. The molecule has 0 saturated heterocycles. The average molecular weight is 818 g/mol. The van der Waals surface area contributed by atoms with Gasteiger partial charge in [-0.3, -0.25) is 0 Å². The van der Waals surface area contributed by atoms with Gasteiger partial charge in [-0.05, 0) is 60.5 Å². The predicted molar refractivity (Wildman–Crippen MR) is 250 cm³/mol. The molecule has 0 unspecified atom stereocenters. The van der Waals surface area contributed by atoms with E-state index in [0.717, 1.165) is 11.3 Å². The van der Waals surface area contributed by atoms with Crippen LogP contribution in [0.15, 0.2) is 36.4 Å². The standard InChI is InChI=1S/C48H92O4Si3/c1-10-19-33-53(34-20-11-2,35-21-12-3)49-43-47-48(52-55(39-25-16-7,40-26-17-8)41-27-18-9)46(42-45(50-47)44-31-29-28-30-32-44)51-54(36-22-13-4,37-23-14-5)38-24-15-6/h28-32,42,46-48H,10-27,33-41,43H2,1-9H3/t46-,47-,48+/m1/s1. The van der Waals surface area contributed by atoms with Crippen molar-refractivity contribution in [3.05, 3.63) is 42.0 Å². The number of ether oxygens (including phenoxy) is 1. The Labute approximate surface area is 346 Å². The molecule has 0 aliphatic carbocycles. The molecule has 320 valence electrons. The maximum Gasteiger partial charge on any atom is 0.193 e. The molecule has 0 bridgehead atoms. The molecule has 7 heteroatoms. The van der Waals surface area contributed by atoms with Gasteiger partial charge in [-0.15, -0.1) is 0 Å². The second kappa shape index (κ2) is 29.5. The summed E-state index contributed by atoms with van der Waals surface area (Å²) in [5.74, 6) is 0.981. The molecule has 0 aromatic heterocycles. The summed E-state index contributed by atoms with van der Waals surface area (Å²) in [7, 11) is -6.24. The number of hydrogen-bond acceptors (Lipinski definition) is 4. The Morgan fingerprint density at radius 3 is 1.16 bits per heavy atom. The highest BCUT2D eigenvalue weighted by atomic mass is 28.4. The minimum atomic E-state index is -2.14. The molecule has 0 radical (unpaired) electrons. The summed E-state index contributed by atoms with van der Waals surface area (Å²) in [6.07, 6.45) is 24.4. The third-order valence-electron chi connectivity index (χ3n) is 12.5. The Morgan fingerprint density at radius 1 is 0.455 bits per heavy atom. The highest BCUT2D eigenvalue weighted by Gasteiger charge is 2.48. The maximum atomic E-state index is 8.06. The van der Waals surface area contributed by atoms with Gasteiger partial charge in [-0.25, -0.2) is 0 Å². The van der Waals surface area contributed by atoms with Gasteiger partial charge in [0.25, 0.3) is 0 Å². The summed E-state index contributed by atoms with van der Waals surface area (Å²) >= 11 is 0. The molecular formula is C48H92O4Si3. The molecule has 0 N–H and O–H groups in total. The molecular weight excluding hydrogens is 725 g/mol. The lowest BCUT2D eigenvalue weighted by Crippen LogP contribution is -2.57. The zero-order chi connectivity index (χ0) is 40.3. The zero-order valence-electron chi connectivity index (χ0n) is 38.1. The van der Waals surface area contributed by atoms with E-state index >= 15 is 0 Å². The van der Waals surface area contributed by atoms with Crippen LogP contribution in [-0.2, 0) is 18.0 Å².